The van der Waals surface area contributed by atoms with Crippen LogP contribution in [0.3, 0.4) is 0 Å². The summed E-state index contributed by atoms with van der Waals surface area (Å²) in [5.41, 5.74) is 0.855. The Morgan fingerprint density at radius 3 is 2.79 bits per heavy atom. The molecule has 4 rings (SSSR count). The molecular formula is C19H20N4O2S3. The second kappa shape index (κ2) is 8.93. The first-order valence-electron chi connectivity index (χ1n) is 8.91. The number of carbonyl (C=O) groups excluding carboxylic acids is 1. The minimum absolute atomic E-state index is 0.0375. The largest absolute Gasteiger partial charge is 0.497 e. The zero-order chi connectivity index (χ0) is 19.3. The number of aromatic nitrogens is 2. The van der Waals surface area contributed by atoms with Gasteiger partial charge in [0.15, 0.2) is 4.34 Å². The molecule has 1 N–H and O–H groups in total. The molecule has 1 amide bonds. The maximum Gasteiger partial charge on any atom is 0.237 e. The number of nitrogens with one attached hydrogen (secondary N) is 1. The van der Waals surface area contributed by atoms with Crippen molar-refractivity contribution in [2.45, 2.75) is 29.8 Å². The molecule has 0 aliphatic heterocycles. The summed E-state index contributed by atoms with van der Waals surface area (Å²) < 4.78 is 6.04. The van der Waals surface area contributed by atoms with E-state index in [2.05, 4.69) is 15.5 Å². The maximum absolute atomic E-state index is 13.0. The molecule has 0 radical (unpaired) electrons. The quantitative estimate of drug-likeness (QED) is 0.502. The molecule has 0 bridgehead atoms. The van der Waals surface area contributed by atoms with E-state index in [1.165, 1.54) is 35.9 Å². The van der Waals surface area contributed by atoms with Gasteiger partial charge in [-0.25, -0.2) is 0 Å². The Morgan fingerprint density at radius 2 is 2.11 bits per heavy atom. The van der Waals surface area contributed by atoms with Crippen LogP contribution in [0.5, 0.6) is 5.75 Å². The summed E-state index contributed by atoms with van der Waals surface area (Å²) in [6.45, 7) is 0.550. The first-order chi connectivity index (χ1) is 13.7. The lowest BCUT2D eigenvalue weighted by Crippen LogP contribution is -2.31. The molecule has 1 aromatic carbocycles. The van der Waals surface area contributed by atoms with Gasteiger partial charge in [0, 0.05) is 16.6 Å². The summed E-state index contributed by atoms with van der Waals surface area (Å²) in [4.78, 5) is 16.0. The minimum Gasteiger partial charge on any atom is -0.497 e. The predicted octanol–water partition coefficient (Wildman–Crippen LogP) is 4.51. The molecule has 0 saturated heterocycles. The Morgan fingerprint density at radius 1 is 1.29 bits per heavy atom. The molecule has 3 aromatic rings. The molecule has 1 saturated carbocycles. The van der Waals surface area contributed by atoms with Gasteiger partial charge in [0.2, 0.25) is 11.0 Å². The van der Waals surface area contributed by atoms with Crippen molar-refractivity contribution in [2.75, 3.05) is 23.1 Å². The number of benzene rings is 1. The Labute approximate surface area is 175 Å². The smallest absolute Gasteiger partial charge is 0.237 e. The van der Waals surface area contributed by atoms with Crippen molar-refractivity contribution in [3.8, 4) is 5.75 Å². The van der Waals surface area contributed by atoms with Gasteiger partial charge >= 0.3 is 0 Å². The number of hydrogen-bond acceptors (Lipinski definition) is 8. The van der Waals surface area contributed by atoms with Crippen molar-refractivity contribution in [1.29, 1.82) is 0 Å². The highest BCUT2D eigenvalue weighted by molar-refractivity contribution is 8.01. The molecule has 0 atom stereocenters. The van der Waals surface area contributed by atoms with Gasteiger partial charge in [0.05, 0.1) is 19.4 Å². The fourth-order valence-electron chi connectivity index (χ4n) is 2.57. The van der Waals surface area contributed by atoms with Crippen molar-refractivity contribution in [2.24, 2.45) is 0 Å². The highest BCUT2D eigenvalue weighted by Gasteiger charge is 2.23. The predicted molar refractivity (Wildman–Crippen MR) is 116 cm³/mol. The van der Waals surface area contributed by atoms with Gasteiger partial charge in [0.25, 0.3) is 0 Å². The fourth-order valence-corrected chi connectivity index (χ4v) is 4.97. The monoisotopic (exact) mass is 432 g/mol. The van der Waals surface area contributed by atoms with Crippen LogP contribution in [0.15, 0.2) is 46.1 Å². The number of hydrogen-bond donors (Lipinski definition) is 1. The molecule has 0 unspecified atom stereocenters. The summed E-state index contributed by atoms with van der Waals surface area (Å²) in [5.74, 6) is 1.12. The van der Waals surface area contributed by atoms with Gasteiger partial charge in [-0.05, 0) is 48.6 Å². The number of rotatable bonds is 9. The maximum atomic E-state index is 13.0. The average Bonchev–Trinajstić information content (AvgIpc) is 3.18. The molecule has 6 nitrogen and oxygen atoms in total. The number of anilines is 2. The van der Waals surface area contributed by atoms with Crippen molar-refractivity contribution >= 4 is 51.2 Å². The SMILES string of the molecule is COc1ccc(N(Cc2cccs2)C(=O)CSc2nnc(NC3CC3)s2)cc1. The second-order valence-electron chi connectivity index (χ2n) is 6.34. The first kappa shape index (κ1) is 19.2. The number of nitrogens with zero attached hydrogens (tertiary/aromatic N) is 3. The zero-order valence-electron chi connectivity index (χ0n) is 15.3. The Bertz CT molecular complexity index is 908. The van der Waals surface area contributed by atoms with Crippen molar-refractivity contribution in [3.63, 3.8) is 0 Å². The summed E-state index contributed by atoms with van der Waals surface area (Å²) in [6.07, 6.45) is 2.39. The molecular weight excluding hydrogens is 412 g/mol. The molecule has 1 aliphatic carbocycles. The van der Waals surface area contributed by atoms with Gasteiger partial charge < -0.3 is 15.0 Å². The van der Waals surface area contributed by atoms with Gasteiger partial charge in [-0.2, -0.15) is 0 Å². The lowest BCUT2D eigenvalue weighted by Gasteiger charge is -2.22. The Balaban J connectivity index is 1.43. The number of amides is 1. The van der Waals surface area contributed by atoms with E-state index in [0.717, 1.165) is 25.8 Å². The summed E-state index contributed by atoms with van der Waals surface area (Å²) in [5, 5.41) is 14.5. The van der Waals surface area contributed by atoms with E-state index in [1.807, 2.05) is 46.7 Å². The molecule has 9 heteroatoms. The first-order valence-corrected chi connectivity index (χ1v) is 11.6. The molecule has 2 aromatic heterocycles. The van der Waals surface area contributed by atoms with Crippen LogP contribution in [0.2, 0.25) is 0 Å². The zero-order valence-corrected chi connectivity index (χ0v) is 17.8. The third-order valence-electron chi connectivity index (χ3n) is 4.21. The molecule has 2 heterocycles. The number of ether oxygens (including phenoxy) is 1. The van der Waals surface area contributed by atoms with E-state index in [1.54, 1.807) is 18.4 Å². The van der Waals surface area contributed by atoms with Gasteiger partial charge in [-0.15, -0.1) is 21.5 Å². The number of thiophene rings is 1. The van der Waals surface area contributed by atoms with Crippen LogP contribution in [-0.2, 0) is 11.3 Å². The number of thioether (sulfide) groups is 1. The summed E-state index contributed by atoms with van der Waals surface area (Å²) >= 11 is 4.58. The van der Waals surface area contributed by atoms with Crippen LogP contribution in [0.25, 0.3) is 0 Å². The van der Waals surface area contributed by atoms with E-state index in [9.17, 15) is 4.79 Å². The fraction of sp³-hybridized carbons (Fsp3) is 0.316. The van der Waals surface area contributed by atoms with Crippen LogP contribution in [0.1, 0.15) is 17.7 Å². The van der Waals surface area contributed by atoms with Crippen LogP contribution >= 0.6 is 34.4 Å². The average molecular weight is 433 g/mol. The topological polar surface area (TPSA) is 67.3 Å². The Hall–Kier alpha value is -2.10. The van der Waals surface area contributed by atoms with Gasteiger partial charge in [-0.1, -0.05) is 29.2 Å². The van der Waals surface area contributed by atoms with Crippen LogP contribution in [0.4, 0.5) is 10.8 Å². The minimum atomic E-state index is 0.0375. The summed E-state index contributed by atoms with van der Waals surface area (Å²) in [6, 6.07) is 12.2. The van der Waals surface area contributed by atoms with Crippen molar-refractivity contribution in [3.05, 3.63) is 46.7 Å². The normalized spacial score (nSPS) is 13.3. The molecule has 146 valence electrons. The van der Waals surface area contributed by atoms with Crippen LogP contribution < -0.4 is 15.0 Å². The van der Waals surface area contributed by atoms with E-state index in [0.29, 0.717) is 18.3 Å². The van der Waals surface area contributed by atoms with Crippen molar-refractivity contribution in [1.82, 2.24) is 10.2 Å². The summed E-state index contributed by atoms with van der Waals surface area (Å²) in [7, 11) is 1.63. The second-order valence-corrected chi connectivity index (χ2v) is 9.57. The highest BCUT2D eigenvalue weighted by Crippen LogP contribution is 2.31. The third kappa shape index (κ3) is 5.03. The highest BCUT2D eigenvalue weighted by atomic mass is 32.2. The molecule has 28 heavy (non-hydrogen) atoms. The van der Waals surface area contributed by atoms with E-state index in [4.69, 9.17) is 4.74 Å². The van der Waals surface area contributed by atoms with Gasteiger partial charge in [0.1, 0.15) is 5.75 Å². The van der Waals surface area contributed by atoms with Crippen LogP contribution in [-0.4, -0.2) is 35.0 Å². The van der Waals surface area contributed by atoms with Gasteiger partial charge in [-0.3, -0.25) is 4.79 Å². The lowest BCUT2D eigenvalue weighted by molar-refractivity contribution is -0.116. The van der Waals surface area contributed by atoms with E-state index >= 15 is 0 Å². The lowest BCUT2D eigenvalue weighted by atomic mass is 10.2. The number of methoxy groups -OCH3 is 1. The molecule has 1 fully saturated rings. The third-order valence-corrected chi connectivity index (χ3v) is 7.04. The Kier molecular flexibility index (Phi) is 6.13. The number of carbonyl (C=O) groups is 1. The molecule has 0 spiro atoms. The van der Waals surface area contributed by atoms with E-state index in [-0.39, 0.29) is 5.91 Å². The van der Waals surface area contributed by atoms with E-state index < -0.39 is 0 Å². The van der Waals surface area contributed by atoms with Crippen LogP contribution in [0, 0.1) is 0 Å². The molecule has 1 aliphatic rings. The van der Waals surface area contributed by atoms with Crippen molar-refractivity contribution < 1.29 is 9.53 Å². The standard InChI is InChI=1S/C19H20N4O2S3/c1-25-15-8-6-14(7-9-15)23(11-16-3-2-10-26-16)17(24)12-27-19-22-21-18(28-19)20-13-4-5-13/h2-3,6-10,13H,4-5,11-12H2,1H3,(H,20,21).